The molecule has 0 aliphatic rings. The molecule has 1 aromatic rings. The average Bonchev–Trinajstić information content (AvgIpc) is 2.87. The smallest absolute Gasteiger partial charge is 0.257 e. The molecule has 4 N–H and O–H groups in total. The van der Waals surface area contributed by atoms with Gasteiger partial charge < -0.3 is 10.5 Å². The number of nitrogens with zero attached hydrogens (tertiary/aromatic N) is 1. The molecular weight excluding hydrogens is 268 g/mol. The first kappa shape index (κ1) is 16.1. The normalized spacial score (nSPS) is 11.9. The van der Waals surface area contributed by atoms with Gasteiger partial charge in [0.1, 0.15) is 0 Å². The van der Waals surface area contributed by atoms with Crippen molar-refractivity contribution in [3.63, 3.8) is 0 Å². The molecule has 19 heavy (non-hydrogen) atoms. The van der Waals surface area contributed by atoms with Crippen molar-refractivity contribution in [3.05, 3.63) is 11.8 Å². The van der Waals surface area contributed by atoms with Gasteiger partial charge in [0.25, 0.3) is 10.0 Å². The molecule has 0 atom stereocenters. The van der Waals surface area contributed by atoms with E-state index in [9.17, 15) is 8.42 Å². The Hall–Kier alpha value is -0.960. The number of ether oxygens (including phenoxy) is 1. The zero-order valence-corrected chi connectivity index (χ0v) is 12.0. The van der Waals surface area contributed by atoms with Crippen molar-refractivity contribution in [2.24, 2.45) is 5.73 Å². The van der Waals surface area contributed by atoms with Crippen LogP contribution in [0.15, 0.2) is 11.2 Å². The summed E-state index contributed by atoms with van der Waals surface area (Å²) >= 11 is 0. The Kier molecular flexibility index (Phi) is 7.00. The third-order valence-electron chi connectivity index (χ3n) is 2.57. The number of unbranched alkanes of at least 4 members (excludes halogenated alkanes) is 1. The van der Waals surface area contributed by atoms with Gasteiger partial charge in [-0.2, -0.15) is 5.10 Å². The summed E-state index contributed by atoms with van der Waals surface area (Å²) in [5.74, 6) is 0. The predicted octanol–water partition coefficient (Wildman–Crippen LogP) is 0.354. The lowest BCUT2D eigenvalue weighted by atomic mass is 10.4. The molecule has 0 spiro atoms. The second-order valence-corrected chi connectivity index (χ2v) is 5.85. The summed E-state index contributed by atoms with van der Waals surface area (Å²) in [5.41, 5.74) is 5.92. The van der Waals surface area contributed by atoms with Crippen molar-refractivity contribution < 1.29 is 13.2 Å². The van der Waals surface area contributed by atoms with E-state index in [1.54, 1.807) is 0 Å². The largest absolute Gasteiger partial charge is 0.381 e. The highest BCUT2D eigenvalue weighted by Gasteiger charge is 2.19. The van der Waals surface area contributed by atoms with Crippen LogP contribution >= 0.6 is 0 Å². The zero-order valence-electron chi connectivity index (χ0n) is 11.2. The van der Waals surface area contributed by atoms with Gasteiger partial charge in [0.05, 0.1) is 6.20 Å². The first-order chi connectivity index (χ1) is 9.11. The molecule has 0 radical (unpaired) electrons. The Balaban J connectivity index is 2.32. The minimum absolute atomic E-state index is 0.0434. The Morgan fingerprint density at radius 3 is 2.84 bits per heavy atom. The lowest BCUT2D eigenvalue weighted by molar-refractivity contribution is 0.130. The molecule has 0 fully saturated rings. The van der Waals surface area contributed by atoms with Gasteiger partial charge in [0, 0.05) is 31.9 Å². The highest BCUT2D eigenvalue weighted by molar-refractivity contribution is 7.89. The summed E-state index contributed by atoms with van der Waals surface area (Å²) in [5, 5.41) is 6.19. The zero-order chi connectivity index (χ0) is 14.1. The van der Waals surface area contributed by atoms with Crippen molar-refractivity contribution in [3.8, 4) is 0 Å². The summed E-state index contributed by atoms with van der Waals surface area (Å²) < 4.78 is 31.7. The topological polar surface area (TPSA) is 110 Å². The number of aromatic amines is 1. The Bertz CT molecular complexity index is 458. The number of hydrogen-bond donors (Lipinski definition) is 3. The molecule has 0 bridgehead atoms. The molecule has 0 aliphatic heterocycles. The third-order valence-corrected chi connectivity index (χ3v) is 4.04. The predicted molar refractivity (Wildman–Crippen MR) is 72.0 cm³/mol. The standard InChI is InChI=1S/C11H22N4O3S/c1-2-3-6-18-7-4-5-14-19(16,17)11-10(8-12)9-13-15-11/h9,14H,2-8,12H2,1H3,(H,13,15). The fourth-order valence-corrected chi connectivity index (χ4v) is 2.69. The van der Waals surface area contributed by atoms with E-state index >= 15 is 0 Å². The number of rotatable bonds is 10. The van der Waals surface area contributed by atoms with E-state index in [2.05, 4.69) is 21.8 Å². The molecule has 1 rings (SSSR count). The monoisotopic (exact) mass is 290 g/mol. The summed E-state index contributed by atoms with van der Waals surface area (Å²) in [6.07, 6.45) is 4.17. The maximum atomic E-state index is 11.9. The van der Waals surface area contributed by atoms with E-state index in [0.29, 0.717) is 25.1 Å². The first-order valence-electron chi connectivity index (χ1n) is 6.41. The summed E-state index contributed by atoms with van der Waals surface area (Å²) in [6.45, 7) is 3.83. The maximum absolute atomic E-state index is 11.9. The average molecular weight is 290 g/mol. The molecule has 1 aromatic heterocycles. The first-order valence-corrected chi connectivity index (χ1v) is 7.90. The van der Waals surface area contributed by atoms with Crippen molar-refractivity contribution in [2.45, 2.75) is 37.8 Å². The van der Waals surface area contributed by atoms with E-state index in [-0.39, 0.29) is 11.6 Å². The van der Waals surface area contributed by atoms with Crippen molar-refractivity contribution >= 4 is 10.0 Å². The molecule has 0 aromatic carbocycles. The molecular formula is C11H22N4O3S. The lowest BCUT2D eigenvalue weighted by Gasteiger charge is -2.06. The molecule has 1 heterocycles. The van der Waals surface area contributed by atoms with Gasteiger partial charge in [-0.1, -0.05) is 13.3 Å². The van der Waals surface area contributed by atoms with E-state index in [1.165, 1.54) is 6.20 Å². The highest BCUT2D eigenvalue weighted by Crippen LogP contribution is 2.10. The SMILES string of the molecule is CCCCOCCCNS(=O)(=O)c1[nH]ncc1CN. The number of H-pyrrole nitrogens is 1. The second-order valence-electron chi connectivity index (χ2n) is 4.15. The Morgan fingerprint density at radius 2 is 2.16 bits per heavy atom. The van der Waals surface area contributed by atoms with Crippen LogP contribution in [0.5, 0.6) is 0 Å². The van der Waals surface area contributed by atoms with E-state index in [0.717, 1.165) is 19.4 Å². The summed E-state index contributed by atoms with van der Waals surface area (Å²) in [4.78, 5) is 0. The second kappa shape index (κ2) is 8.26. The Morgan fingerprint density at radius 1 is 1.42 bits per heavy atom. The molecule has 0 saturated heterocycles. The van der Waals surface area contributed by atoms with Crippen LogP contribution in [0.4, 0.5) is 0 Å². The quantitative estimate of drug-likeness (QED) is 0.539. The number of nitrogens with two attached hydrogens (primary N) is 1. The van der Waals surface area contributed by atoms with Gasteiger partial charge in [-0.05, 0) is 12.8 Å². The highest BCUT2D eigenvalue weighted by atomic mass is 32.2. The molecule has 0 unspecified atom stereocenters. The van der Waals surface area contributed by atoms with Gasteiger partial charge in [0.2, 0.25) is 0 Å². The van der Waals surface area contributed by atoms with E-state index in [1.807, 2.05) is 0 Å². The van der Waals surface area contributed by atoms with Gasteiger partial charge in [0.15, 0.2) is 5.03 Å². The van der Waals surface area contributed by atoms with Gasteiger partial charge in [-0.3, -0.25) is 5.10 Å². The van der Waals surface area contributed by atoms with Crippen LogP contribution in [0.1, 0.15) is 31.7 Å². The number of aromatic nitrogens is 2. The van der Waals surface area contributed by atoms with E-state index < -0.39 is 10.0 Å². The minimum atomic E-state index is -3.56. The molecule has 110 valence electrons. The van der Waals surface area contributed by atoms with Crippen LogP contribution in [0.2, 0.25) is 0 Å². The van der Waals surface area contributed by atoms with Crippen molar-refractivity contribution in [1.29, 1.82) is 0 Å². The van der Waals surface area contributed by atoms with Crippen LogP contribution in [0.25, 0.3) is 0 Å². The minimum Gasteiger partial charge on any atom is -0.381 e. The lowest BCUT2D eigenvalue weighted by Crippen LogP contribution is -2.27. The number of sulfonamides is 1. The van der Waals surface area contributed by atoms with Crippen molar-refractivity contribution in [1.82, 2.24) is 14.9 Å². The van der Waals surface area contributed by atoms with Crippen LogP contribution in [0, 0.1) is 0 Å². The fraction of sp³-hybridized carbons (Fsp3) is 0.727. The number of hydrogen-bond acceptors (Lipinski definition) is 5. The van der Waals surface area contributed by atoms with Crippen LogP contribution < -0.4 is 10.5 Å². The molecule has 7 nitrogen and oxygen atoms in total. The van der Waals surface area contributed by atoms with E-state index in [4.69, 9.17) is 10.5 Å². The maximum Gasteiger partial charge on any atom is 0.257 e. The molecule has 0 aliphatic carbocycles. The van der Waals surface area contributed by atoms with Crippen LogP contribution in [0.3, 0.4) is 0 Å². The van der Waals surface area contributed by atoms with Gasteiger partial charge >= 0.3 is 0 Å². The molecule has 0 saturated carbocycles. The summed E-state index contributed by atoms with van der Waals surface area (Å²) in [7, 11) is -3.56. The molecule has 8 heteroatoms. The summed E-state index contributed by atoms with van der Waals surface area (Å²) in [6, 6.07) is 0. The molecule has 0 amide bonds. The van der Waals surface area contributed by atoms with Gasteiger partial charge in [-0.25, -0.2) is 13.1 Å². The van der Waals surface area contributed by atoms with Crippen molar-refractivity contribution in [2.75, 3.05) is 19.8 Å². The third kappa shape index (κ3) is 5.27. The van der Waals surface area contributed by atoms with Gasteiger partial charge in [-0.15, -0.1) is 0 Å². The van der Waals surface area contributed by atoms with Crippen LogP contribution in [-0.2, 0) is 21.3 Å². The fourth-order valence-electron chi connectivity index (χ4n) is 1.48. The Labute approximate surface area is 114 Å². The number of nitrogens with one attached hydrogen (secondary N) is 2. The van der Waals surface area contributed by atoms with Crippen LogP contribution in [-0.4, -0.2) is 38.4 Å².